The highest BCUT2D eigenvalue weighted by Crippen LogP contribution is 2.34. The van der Waals surface area contributed by atoms with Crippen molar-refractivity contribution < 1.29 is 4.74 Å². The Morgan fingerprint density at radius 1 is 0.737 bits per heavy atom. The number of ether oxygens (including phenoxy) is 1. The maximum absolute atomic E-state index is 5.51. The van der Waals surface area contributed by atoms with E-state index in [9.17, 15) is 0 Å². The van der Waals surface area contributed by atoms with Crippen LogP contribution < -0.4 is 0 Å². The first-order valence-electron chi connectivity index (χ1n) is 7.19. The van der Waals surface area contributed by atoms with Crippen LogP contribution >= 0.6 is 0 Å². The molecule has 0 spiro atoms. The highest BCUT2D eigenvalue weighted by atomic mass is 16.6. The highest BCUT2D eigenvalue weighted by molar-refractivity contribution is 5.37. The van der Waals surface area contributed by atoms with Gasteiger partial charge in [0.25, 0.3) is 0 Å². The third-order valence-corrected chi connectivity index (χ3v) is 4.30. The number of epoxide rings is 1. The van der Waals surface area contributed by atoms with E-state index in [1.807, 2.05) is 0 Å². The molecule has 4 aliphatic carbocycles. The van der Waals surface area contributed by atoms with Gasteiger partial charge in [0.05, 0.1) is 6.61 Å². The van der Waals surface area contributed by atoms with Crippen LogP contribution in [0.4, 0.5) is 0 Å². The van der Waals surface area contributed by atoms with E-state index in [-0.39, 0.29) is 0 Å². The summed E-state index contributed by atoms with van der Waals surface area (Å²) in [6, 6.07) is 16.1. The normalized spacial score (nSPS) is 20.9. The molecule has 1 nitrogen and oxygen atoms in total. The first-order valence-corrected chi connectivity index (χ1v) is 7.19. The second-order valence-electron chi connectivity index (χ2n) is 5.67. The fraction of sp³-hybridized carbons (Fsp3) is 0.333. The van der Waals surface area contributed by atoms with E-state index in [2.05, 4.69) is 42.5 Å². The van der Waals surface area contributed by atoms with E-state index < -0.39 is 0 Å². The minimum absolute atomic E-state index is 0.374. The van der Waals surface area contributed by atoms with Crippen molar-refractivity contribution >= 4 is 0 Å². The molecule has 2 aromatic carbocycles. The number of hydrogen-bond donors (Lipinski definition) is 0. The van der Waals surface area contributed by atoms with Crippen molar-refractivity contribution in [1.29, 1.82) is 0 Å². The summed E-state index contributed by atoms with van der Waals surface area (Å²) in [6.45, 7) is 0.907. The molecule has 2 aromatic rings. The standard InChI is InChI=1S/C18H18O/c1-3-14-4-2-13(1)5-6-15-8-10-16(9-7-14)17(11-15)18-12-19-18/h1-4,8,10-11,18H,5-7,9,12H2. The van der Waals surface area contributed by atoms with Crippen molar-refractivity contribution in [1.82, 2.24) is 0 Å². The summed E-state index contributed by atoms with van der Waals surface area (Å²) >= 11 is 0. The van der Waals surface area contributed by atoms with Crippen molar-refractivity contribution in [3.8, 4) is 0 Å². The third kappa shape index (κ3) is 2.31. The molecule has 5 aliphatic rings. The van der Waals surface area contributed by atoms with Gasteiger partial charge in [-0.2, -0.15) is 0 Å². The third-order valence-electron chi connectivity index (χ3n) is 4.30. The Kier molecular flexibility index (Phi) is 2.66. The van der Waals surface area contributed by atoms with Gasteiger partial charge in [0.1, 0.15) is 6.10 Å². The van der Waals surface area contributed by atoms with Crippen LogP contribution in [0.25, 0.3) is 0 Å². The zero-order chi connectivity index (χ0) is 12.7. The second kappa shape index (κ2) is 4.50. The first-order chi connectivity index (χ1) is 9.38. The van der Waals surface area contributed by atoms with Crippen LogP contribution in [0.3, 0.4) is 0 Å². The topological polar surface area (TPSA) is 12.5 Å². The summed E-state index contributed by atoms with van der Waals surface area (Å²) in [5, 5.41) is 0. The summed E-state index contributed by atoms with van der Waals surface area (Å²) in [6.07, 6.45) is 4.87. The highest BCUT2D eigenvalue weighted by Gasteiger charge is 2.27. The van der Waals surface area contributed by atoms with Gasteiger partial charge >= 0.3 is 0 Å². The predicted molar refractivity (Wildman–Crippen MR) is 76.4 cm³/mol. The molecule has 1 fully saturated rings. The lowest BCUT2D eigenvalue weighted by molar-refractivity contribution is 0.414. The van der Waals surface area contributed by atoms with Crippen LogP contribution in [0.1, 0.15) is 33.9 Å². The molecule has 1 aliphatic heterocycles. The van der Waals surface area contributed by atoms with E-state index in [4.69, 9.17) is 4.74 Å². The van der Waals surface area contributed by atoms with Gasteiger partial charge in [0, 0.05) is 0 Å². The van der Waals surface area contributed by atoms with Gasteiger partial charge in [0.15, 0.2) is 0 Å². The zero-order valence-electron chi connectivity index (χ0n) is 11.1. The van der Waals surface area contributed by atoms with Crippen LogP contribution in [0, 0.1) is 0 Å². The first kappa shape index (κ1) is 11.2. The Bertz CT molecular complexity index is 594. The number of hydrogen-bond acceptors (Lipinski definition) is 1. The molecule has 7 rings (SSSR count). The molecule has 96 valence electrons. The minimum Gasteiger partial charge on any atom is -0.368 e. The fourth-order valence-corrected chi connectivity index (χ4v) is 3.00. The van der Waals surface area contributed by atoms with Gasteiger partial charge in [-0.05, 0) is 53.5 Å². The summed E-state index contributed by atoms with van der Waals surface area (Å²) in [7, 11) is 0. The second-order valence-corrected chi connectivity index (χ2v) is 5.67. The lowest BCUT2D eigenvalue weighted by atomic mass is 9.92. The van der Waals surface area contributed by atoms with E-state index in [1.165, 1.54) is 27.8 Å². The van der Waals surface area contributed by atoms with Gasteiger partial charge in [-0.1, -0.05) is 42.5 Å². The zero-order valence-corrected chi connectivity index (χ0v) is 11.1. The van der Waals surface area contributed by atoms with Crippen molar-refractivity contribution in [2.75, 3.05) is 6.61 Å². The SMILES string of the molecule is c1cc2ccc1CCc1ccc(c(C3CO3)c1)CC2. The van der Waals surface area contributed by atoms with Crippen molar-refractivity contribution in [2.24, 2.45) is 0 Å². The molecule has 1 saturated heterocycles. The molecule has 19 heavy (non-hydrogen) atoms. The van der Waals surface area contributed by atoms with Crippen LogP contribution in [0.15, 0.2) is 42.5 Å². The predicted octanol–water partition coefficient (Wildman–Crippen LogP) is 3.64. The molecule has 0 N–H and O–H groups in total. The van der Waals surface area contributed by atoms with Gasteiger partial charge in [0.2, 0.25) is 0 Å². The maximum atomic E-state index is 5.51. The van der Waals surface area contributed by atoms with E-state index >= 15 is 0 Å². The van der Waals surface area contributed by atoms with Crippen LogP contribution in [0.5, 0.6) is 0 Å². The monoisotopic (exact) mass is 250 g/mol. The molecule has 0 aromatic heterocycles. The minimum atomic E-state index is 0.374. The molecular weight excluding hydrogens is 232 g/mol. The van der Waals surface area contributed by atoms with E-state index in [0.717, 1.165) is 32.3 Å². The Morgan fingerprint density at radius 3 is 2.00 bits per heavy atom. The van der Waals surface area contributed by atoms with Crippen LogP contribution in [0.2, 0.25) is 0 Å². The van der Waals surface area contributed by atoms with Crippen molar-refractivity contribution in [2.45, 2.75) is 31.8 Å². The van der Waals surface area contributed by atoms with Crippen LogP contribution in [-0.2, 0) is 30.4 Å². The fourth-order valence-electron chi connectivity index (χ4n) is 3.00. The van der Waals surface area contributed by atoms with Crippen LogP contribution in [-0.4, -0.2) is 6.61 Å². The average Bonchev–Trinajstić information content (AvgIpc) is 3.26. The van der Waals surface area contributed by atoms with Gasteiger partial charge in [-0.15, -0.1) is 0 Å². The smallest absolute Gasteiger partial charge is 0.106 e. The van der Waals surface area contributed by atoms with Gasteiger partial charge in [-0.25, -0.2) is 0 Å². The maximum Gasteiger partial charge on any atom is 0.106 e. The average molecular weight is 250 g/mol. The molecular formula is C18H18O. The Morgan fingerprint density at radius 2 is 1.32 bits per heavy atom. The lowest BCUT2D eigenvalue weighted by Gasteiger charge is -2.13. The van der Waals surface area contributed by atoms with Crippen molar-refractivity contribution in [3.63, 3.8) is 0 Å². The lowest BCUT2D eigenvalue weighted by Crippen LogP contribution is -2.01. The quantitative estimate of drug-likeness (QED) is 0.704. The molecule has 0 saturated carbocycles. The molecule has 1 atom stereocenters. The molecule has 4 bridgehead atoms. The summed E-state index contributed by atoms with van der Waals surface area (Å²) < 4.78 is 5.51. The molecule has 0 amide bonds. The van der Waals surface area contributed by atoms with Gasteiger partial charge < -0.3 is 4.74 Å². The number of rotatable bonds is 1. The number of aryl methyl sites for hydroxylation is 4. The summed E-state index contributed by atoms with van der Waals surface area (Å²) in [5.41, 5.74) is 7.23. The number of benzene rings is 2. The largest absolute Gasteiger partial charge is 0.368 e. The molecule has 1 unspecified atom stereocenters. The van der Waals surface area contributed by atoms with E-state index in [1.54, 1.807) is 0 Å². The summed E-state index contributed by atoms with van der Waals surface area (Å²) in [4.78, 5) is 0. The van der Waals surface area contributed by atoms with Crippen molar-refractivity contribution in [3.05, 3.63) is 70.3 Å². The summed E-state index contributed by atoms with van der Waals surface area (Å²) in [5.74, 6) is 0. The Labute approximate surface area is 114 Å². The van der Waals surface area contributed by atoms with Gasteiger partial charge in [-0.3, -0.25) is 0 Å². The Balaban J connectivity index is 1.74. The molecule has 0 radical (unpaired) electrons. The molecule has 1 heteroatoms. The molecule has 1 heterocycles. The van der Waals surface area contributed by atoms with E-state index in [0.29, 0.717) is 6.10 Å². The Hall–Kier alpha value is -1.60.